The zero-order chi connectivity index (χ0) is 12.2. The van der Waals surface area contributed by atoms with Gasteiger partial charge in [0.2, 0.25) is 0 Å². The Morgan fingerprint density at radius 2 is 2.28 bits per heavy atom. The summed E-state index contributed by atoms with van der Waals surface area (Å²) in [5.41, 5.74) is 3.53. The molecule has 0 amide bonds. The van der Waals surface area contributed by atoms with E-state index in [0.29, 0.717) is 11.5 Å². The van der Waals surface area contributed by atoms with Crippen LogP contribution in [0.3, 0.4) is 0 Å². The van der Waals surface area contributed by atoms with Crippen molar-refractivity contribution >= 4 is 11.0 Å². The molecule has 1 atom stereocenters. The maximum atomic E-state index is 5.42. The van der Waals surface area contributed by atoms with Gasteiger partial charge in [0.05, 0.1) is 17.1 Å². The van der Waals surface area contributed by atoms with Gasteiger partial charge in [-0.05, 0) is 42.9 Å². The van der Waals surface area contributed by atoms with E-state index in [4.69, 9.17) is 6.42 Å². The highest BCUT2D eigenvalue weighted by molar-refractivity contribution is 5.77. The summed E-state index contributed by atoms with van der Waals surface area (Å²) in [6.07, 6.45) is 9.38. The number of hydrogen-bond donors (Lipinski definition) is 2. The van der Waals surface area contributed by atoms with E-state index in [1.165, 1.54) is 19.3 Å². The van der Waals surface area contributed by atoms with Crippen molar-refractivity contribution in [2.24, 2.45) is 5.41 Å². The van der Waals surface area contributed by atoms with Crippen LogP contribution < -0.4 is 5.32 Å². The van der Waals surface area contributed by atoms with Gasteiger partial charge < -0.3 is 10.3 Å². The highest BCUT2D eigenvalue weighted by Gasteiger charge is 2.49. The highest BCUT2D eigenvalue weighted by Crippen LogP contribution is 2.54. The van der Waals surface area contributed by atoms with E-state index in [2.05, 4.69) is 21.2 Å². The van der Waals surface area contributed by atoms with Gasteiger partial charge in [-0.15, -0.1) is 6.42 Å². The molecule has 1 spiro atoms. The SMILES string of the molecule is C#Cc1ccc2nc([C@@H]3CC4(CC4)CN3)[nH]c2c1. The number of fused-ring (bicyclic) bond motifs is 1. The Balaban J connectivity index is 1.71. The molecule has 0 bridgehead atoms. The minimum Gasteiger partial charge on any atom is -0.341 e. The second kappa shape index (κ2) is 3.37. The summed E-state index contributed by atoms with van der Waals surface area (Å²) in [4.78, 5) is 8.09. The van der Waals surface area contributed by atoms with Crippen molar-refractivity contribution in [3.8, 4) is 12.3 Å². The van der Waals surface area contributed by atoms with Crippen molar-refractivity contribution in [3.63, 3.8) is 0 Å². The molecule has 3 heteroatoms. The van der Waals surface area contributed by atoms with Crippen LogP contribution in [0.1, 0.15) is 36.7 Å². The van der Waals surface area contributed by atoms with Crippen molar-refractivity contribution < 1.29 is 0 Å². The number of hydrogen-bond acceptors (Lipinski definition) is 2. The molecule has 0 radical (unpaired) electrons. The summed E-state index contributed by atoms with van der Waals surface area (Å²) in [5.74, 6) is 3.72. The van der Waals surface area contributed by atoms with E-state index in [9.17, 15) is 0 Å². The molecular formula is C15H15N3. The maximum absolute atomic E-state index is 5.42. The number of aromatic nitrogens is 2. The number of aromatic amines is 1. The fraction of sp³-hybridized carbons (Fsp3) is 0.400. The first kappa shape index (κ1) is 10.2. The quantitative estimate of drug-likeness (QED) is 0.747. The van der Waals surface area contributed by atoms with Crippen LogP contribution in [-0.2, 0) is 0 Å². The van der Waals surface area contributed by atoms with Crippen molar-refractivity contribution in [1.29, 1.82) is 0 Å². The van der Waals surface area contributed by atoms with Gasteiger partial charge in [-0.3, -0.25) is 0 Å². The van der Waals surface area contributed by atoms with Gasteiger partial charge in [0.25, 0.3) is 0 Å². The van der Waals surface area contributed by atoms with Gasteiger partial charge in [0.1, 0.15) is 5.82 Å². The van der Waals surface area contributed by atoms with Gasteiger partial charge in [-0.25, -0.2) is 4.98 Å². The van der Waals surface area contributed by atoms with Gasteiger partial charge in [-0.2, -0.15) is 0 Å². The highest BCUT2D eigenvalue weighted by atomic mass is 15.1. The van der Waals surface area contributed by atoms with Crippen LogP contribution in [0, 0.1) is 17.8 Å². The molecule has 18 heavy (non-hydrogen) atoms. The standard InChI is InChI=1S/C15H15N3/c1-2-10-3-4-11-12(7-10)18-14(17-11)13-8-15(5-6-15)9-16-13/h1,3-4,7,13,16H,5-6,8-9H2,(H,17,18)/t13-/m0/s1. The molecule has 1 saturated heterocycles. The second-order valence-corrected chi connectivity index (χ2v) is 5.64. The lowest BCUT2D eigenvalue weighted by Crippen LogP contribution is -2.14. The number of terminal acetylenes is 1. The predicted octanol–water partition coefficient (Wildman–Crippen LogP) is 2.36. The lowest BCUT2D eigenvalue weighted by molar-refractivity contribution is 0.543. The average molecular weight is 237 g/mol. The number of nitrogens with one attached hydrogen (secondary N) is 2. The van der Waals surface area contributed by atoms with Crippen LogP contribution in [0.25, 0.3) is 11.0 Å². The molecule has 2 N–H and O–H groups in total. The maximum Gasteiger partial charge on any atom is 0.124 e. The van der Waals surface area contributed by atoms with Gasteiger partial charge in [0, 0.05) is 12.1 Å². The molecule has 2 aromatic rings. The van der Waals surface area contributed by atoms with Crippen LogP contribution in [0.5, 0.6) is 0 Å². The Bertz CT molecular complexity index is 658. The Kier molecular flexibility index (Phi) is 1.90. The van der Waals surface area contributed by atoms with Crippen molar-refractivity contribution in [1.82, 2.24) is 15.3 Å². The van der Waals surface area contributed by atoms with Gasteiger partial charge in [-0.1, -0.05) is 5.92 Å². The average Bonchev–Trinajstić information content (AvgIpc) is 2.85. The molecule has 0 unspecified atom stereocenters. The minimum absolute atomic E-state index is 0.384. The zero-order valence-electron chi connectivity index (χ0n) is 10.2. The Morgan fingerprint density at radius 3 is 3.00 bits per heavy atom. The van der Waals surface area contributed by atoms with Crippen molar-refractivity contribution in [2.45, 2.75) is 25.3 Å². The van der Waals surface area contributed by atoms with Crippen LogP contribution in [0.4, 0.5) is 0 Å². The molecule has 1 aliphatic carbocycles. The van der Waals surface area contributed by atoms with Gasteiger partial charge in [0.15, 0.2) is 0 Å². The summed E-state index contributed by atoms with van der Waals surface area (Å²) in [5, 5.41) is 3.58. The first-order valence-electron chi connectivity index (χ1n) is 6.48. The third-order valence-corrected chi connectivity index (χ3v) is 4.31. The Hall–Kier alpha value is -1.79. The Morgan fingerprint density at radius 1 is 1.39 bits per heavy atom. The summed E-state index contributed by atoms with van der Waals surface area (Å²) in [6, 6.07) is 6.31. The number of H-pyrrole nitrogens is 1. The molecular weight excluding hydrogens is 222 g/mol. The molecule has 2 fully saturated rings. The molecule has 1 aliphatic heterocycles. The third kappa shape index (κ3) is 1.46. The lowest BCUT2D eigenvalue weighted by Gasteiger charge is -2.05. The zero-order valence-corrected chi connectivity index (χ0v) is 10.2. The minimum atomic E-state index is 0.384. The normalized spacial score (nSPS) is 24.5. The Labute approximate surface area is 106 Å². The topological polar surface area (TPSA) is 40.7 Å². The summed E-state index contributed by atoms with van der Waals surface area (Å²) in [7, 11) is 0. The van der Waals surface area contributed by atoms with Crippen molar-refractivity contribution in [2.75, 3.05) is 6.54 Å². The first-order chi connectivity index (χ1) is 8.78. The number of nitrogens with zero attached hydrogens (tertiary/aromatic N) is 1. The molecule has 90 valence electrons. The van der Waals surface area contributed by atoms with Crippen LogP contribution in [-0.4, -0.2) is 16.5 Å². The molecule has 1 saturated carbocycles. The third-order valence-electron chi connectivity index (χ3n) is 4.31. The van der Waals surface area contributed by atoms with Crippen LogP contribution in [0.15, 0.2) is 18.2 Å². The number of rotatable bonds is 1. The number of imidazole rings is 1. The lowest BCUT2D eigenvalue weighted by atomic mass is 10.0. The molecule has 2 heterocycles. The monoisotopic (exact) mass is 237 g/mol. The van der Waals surface area contributed by atoms with E-state index < -0.39 is 0 Å². The molecule has 1 aromatic carbocycles. The largest absolute Gasteiger partial charge is 0.341 e. The second-order valence-electron chi connectivity index (χ2n) is 5.64. The van der Waals surface area contributed by atoms with E-state index in [1.807, 2.05) is 18.2 Å². The van der Waals surface area contributed by atoms with Crippen LogP contribution >= 0.6 is 0 Å². The molecule has 3 nitrogen and oxygen atoms in total. The summed E-state index contributed by atoms with van der Waals surface area (Å²) >= 11 is 0. The number of benzene rings is 1. The summed E-state index contributed by atoms with van der Waals surface area (Å²) in [6.45, 7) is 1.14. The fourth-order valence-corrected chi connectivity index (χ4v) is 2.95. The molecule has 4 rings (SSSR count). The smallest absolute Gasteiger partial charge is 0.124 e. The predicted molar refractivity (Wildman–Crippen MR) is 71.1 cm³/mol. The molecule has 2 aliphatic rings. The first-order valence-corrected chi connectivity index (χ1v) is 6.48. The van der Waals surface area contributed by atoms with E-state index in [0.717, 1.165) is 29.0 Å². The fourth-order valence-electron chi connectivity index (χ4n) is 2.95. The van der Waals surface area contributed by atoms with Crippen molar-refractivity contribution in [3.05, 3.63) is 29.6 Å². The van der Waals surface area contributed by atoms with Crippen LogP contribution in [0.2, 0.25) is 0 Å². The van der Waals surface area contributed by atoms with E-state index in [-0.39, 0.29) is 0 Å². The van der Waals surface area contributed by atoms with Gasteiger partial charge >= 0.3 is 0 Å². The van der Waals surface area contributed by atoms with E-state index >= 15 is 0 Å². The summed E-state index contributed by atoms with van der Waals surface area (Å²) < 4.78 is 0. The van der Waals surface area contributed by atoms with E-state index in [1.54, 1.807) is 0 Å². The molecule has 1 aromatic heterocycles.